The summed E-state index contributed by atoms with van der Waals surface area (Å²) in [6.07, 6.45) is 5.44. The quantitative estimate of drug-likeness (QED) is 0.544. The van der Waals surface area contributed by atoms with Crippen molar-refractivity contribution in [3.05, 3.63) is 71.4 Å². The van der Waals surface area contributed by atoms with Crippen LogP contribution in [0.15, 0.2) is 65.9 Å². The zero-order valence-electron chi connectivity index (χ0n) is 14.1. The maximum atomic E-state index is 11.8. The van der Waals surface area contributed by atoms with Gasteiger partial charge in [0.25, 0.3) is 0 Å². The molecule has 27 heavy (non-hydrogen) atoms. The van der Waals surface area contributed by atoms with Crippen LogP contribution in [0.2, 0.25) is 0 Å². The summed E-state index contributed by atoms with van der Waals surface area (Å²) in [5.41, 5.74) is 9.38. The predicted octanol–water partition coefficient (Wildman–Crippen LogP) is 4.53. The third kappa shape index (κ3) is 2.50. The van der Waals surface area contributed by atoms with Crippen LogP contribution in [-0.2, 0) is 0 Å². The molecule has 6 heteroatoms. The van der Waals surface area contributed by atoms with Crippen LogP contribution in [0.25, 0.3) is 32.2 Å². The van der Waals surface area contributed by atoms with Crippen molar-refractivity contribution < 1.29 is 4.79 Å². The molecule has 0 fully saturated rings. The monoisotopic (exact) mass is 370 g/mol. The number of primary amides is 1. The van der Waals surface area contributed by atoms with E-state index in [-0.39, 0.29) is 0 Å². The summed E-state index contributed by atoms with van der Waals surface area (Å²) in [7, 11) is 0. The number of nitrogens with zero attached hydrogens (tertiary/aromatic N) is 2. The van der Waals surface area contributed by atoms with Crippen molar-refractivity contribution in [3.63, 3.8) is 0 Å². The van der Waals surface area contributed by atoms with Gasteiger partial charge in [0.05, 0.1) is 21.8 Å². The summed E-state index contributed by atoms with van der Waals surface area (Å²) in [4.78, 5) is 21.9. The van der Waals surface area contributed by atoms with E-state index >= 15 is 0 Å². The molecule has 2 aromatic carbocycles. The van der Waals surface area contributed by atoms with Crippen LogP contribution >= 0.6 is 11.3 Å². The van der Waals surface area contributed by atoms with Gasteiger partial charge in [-0.3, -0.25) is 9.79 Å². The number of carbonyl (C=O) groups excluding carboxylic acids is 1. The second kappa shape index (κ2) is 6.03. The lowest BCUT2D eigenvalue weighted by molar-refractivity contribution is 0.100. The van der Waals surface area contributed by atoms with Gasteiger partial charge in [-0.05, 0) is 30.3 Å². The molecule has 130 valence electrons. The van der Waals surface area contributed by atoms with Crippen molar-refractivity contribution in [1.29, 1.82) is 0 Å². The molecule has 0 unspecified atom stereocenters. The molecule has 5 nitrogen and oxygen atoms in total. The Balaban J connectivity index is 1.76. The van der Waals surface area contributed by atoms with E-state index in [0.29, 0.717) is 5.56 Å². The maximum absolute atomic E-state index is 11.8. The van der Waals surface area contributed by atoms with E-state index in [1.807, 2.05) is 36.7 Å². The number of carbonyl (C=O) groups is 1. The lowest BCUT2D eigenvalue weighted by Gasteiger charge is -2.08. The third-order valence-electron chi connectivity index (χ3n) is 4.60. The third-order valence-corrected chi connectivity index (χ3v) is 5.69. The Morgan fingerprint density at radius 2 is 1.96 bits per heavy atom. The average molecular weight is 370 g/mol. The Hall–Kier alpha value is -3.51. The Labute approximate surface area is 158 Å². The number of benzene rings is 2. The van der Waals surface area contributed by atoms with E-state index in [1.54, 1.807) is 29.7 Å². The van der Waals surface area contributed by atoms with Gasteiger partial charge in [-0.15, -0.1) is 11.3 Å². The van der Waals surface area contributed by atoms with Gasteiger partial charge < -0.3 is 11.1 Å². The van der Waals surface area contributed by atoms with Crippen LogP contribution in [-0.4, -0.2) is 17.1 Å². The highest BCUT2D eigenvalue weighted by Gasteiger charge is 2.16. The fraction of sp³-hybridized carbons (Fsp3) is 0. The van der Waals surface area contributed by atoms with Crippen molar-refractivity contribution in [3.8, 4) is 11.3 Å². The minimum absolute atomic E-state index is 0.457. The van der Waals surface area contributed by atoms with Crippen LogP contribution in [0.1, 0.15) is 15.2 Å². The number of thiophene rings is 1. The van der Waals surface area contributed by atoms with Gasteiger partial charge in [0.2, 0.25) is 5.91 Å². The lowest BCUT2D eigenvalue weighted by Crippen LogP contribution is -2.12. The largest absolute Gasteiger partial charge is 0.366 e. The fourth-order valence-corrected chi connectivity index (χ4v) is 4.46. The highest BCUT2D eigenvalue weighted by molar-refractivity contribution is 7.21. The van der Waals surface area contributed by atoms with Gasteiger partial charge in [-0.2, -0.15) is 0 Å². The van der Waals surface area contributed by atoms with Gasteiger partial charge in [-0.25, -0.2) is 4.98 Å². The summed E-state index contributed by atoms with van der Waals surface area (Å²) in [6, 6.07) is 15.4. The first-order valence-corrected chi connectivity index (χ1v) is 9.24. The first kappa shape index (κ1) is 15.7. The summed E-state index contributed by atoms with van der Waals surface area (Å²) in [5.74, 6) is -0.457. The SMILES string of the molecule is NC(=O)c1ccccc1-c1ccc2c(ccc3sc4c(c32)NC=CN=C4)n1. The van der Waals surface area contributed by atoms with Crippen molar-refractivity contribution in [2.24, 2.45) is 10.7 Å². The second-order valence-corrected chi connectivity index (χ2v) is 7.28. The minimum atomic E-state index is -0.457. The summed E-state index contributed by atoms with van der Waals surface area (Å²) < 4.78 is 1.17. The Morgan fingerprint density at radius 3 is 2.85 bits per heavy atom. The van der Waals surface area contributed by atoms with Crippen LogP contribution < -0.4 is 11.1 Å². The number of amides is 1. The molecule has 3 heterocycles. The molecule has 0 bridgehead atoms. The molecule has 0 saturated heterocycles. The molecule has 3 N–H and O–H groups in total. The second-order valence-electron chi connectivity index (χ2n) is 6.19. The number of nitrogens with one attached hydrogen (secondary N) is 1. The van der Waals surface area contributed by atoms with Gasteiger partial charge >= 0.3 is 0 Å². The number of aliphatic imine (C=N–C) groups is 1. The van der Waals surface area contributed by atoms with Gasteiger partial charge in [0.1, 0.15) is 0 Å². The topological polar surface area (TPSA) is 80.4 Å². The number of rotatable bonds is 2. The maximum Gasteiger partial charge on any atom is 0.249 e. The van der Waals surface area contributed by atoms with Crippen LogP contribution in [0.3, 0.4) is 0 Å². The first-order valence-electron chi connectivity index (χ1n) is 8.42. The molecule has 1 aliphatic rings. The average Bonchev–Trinajstić information content (AvgIpc) is 2.89. The van der Waals surface area contributed by atoms with Crippen LogP contribution in [0.4, 0.5) is 5.69 Å². The fourth-order valence-electron chi connectivity index (χ4n) is 3.40. The number of nitrogens with two attached hydrogens (primary N) is 1. The molecule has 0 atom stereocenters. The molecule has 2 aromatic heterocycles. The zero-order valence-corrected chi connectivity index (χ0v) is 15.0. The van der Waals surface area contributed by atoms with E-state index in [1.165, 1.54) is 4.70 Å². The summed E-state index contributed by atoms with van der Waals surface area (Å²) in [6.45, 7) is 0. The van der Waals surface area contributed by atoms with E-state index < -0.39 is 5.91 Å². The molecule has 0 saturated carbocycles. The van der Waals surface area contributed by atoms with E-state index in [9.17, 15) is 4.79 Å². The van der Waals surface area contributed by atoms with Crippen molar-refractivity contribution >= 4 is 50.1 Å². The number of hydrogen-bond acceptors (Lipinski definition) is 5. The van der Waals surface area contributed by atoms with E-state index in [2.05, 4.69) is 22.4 Å². The molecule has 5 rings (SSSR count). The Bertz CT molecular complexity index is 1290. The zero-order chi connectivity index (χ0) is 18.4. The van der Waals surface area contributed by atoms with Crippen molar-refractivity contribution in [2.75, 3.05) is 5.32 Å². The number of pyridine rings is 1. The van der Waals surface area contributed by atoms with Crippen molar-refractivity contribution in [1.82, 2.24) is 4.98 Å². The van der Waals surface area contributed by atoms with Crippen molar-refractivity contribution in [2.45, 2.75) is 0 Å². The van der Waals surface area contributed by atoms with Crippen LogP contribution in [0.5, 0.6) is 0 Å². The molecular weight excluding hydrogens is 356 g/mol. The molecule has 0 spiro atoms. The normalized spacial score (nSPS) is 12.7. The van der Waals surface area contributed by atoms with Crippen LogP contribution in [0, 0.1) is 0 Å². The highest BCUT2D eigenvalue weighted by atomic mass is 32.1. The summed E-state index contributed by atoms with van der Waals surface area (Å²) in [5, 5.41) is 5.52. The Morgan fingerprint density at radius 1 is 1.07 bits per heavy atom. The smallest absolute Gasteiger partial charge is 0.249 e. The molecule has 0 radical (unpaired) electrons. The number of hydrogen-bond donors (Lipinski definition) is 2. The van der Waals surface area contributed by atoms with E-state index in [0.717, 1.165) is 38.1 Å². The Kier molecular flexibility index (Phi) is 3.51. The lowest BCUT2D eigenvalue weighted by atomic mass is 10.0. The number of aromatic nitrogens is 1. The molecule has 4 aromatic rings. The number of anilines is 1. The molecule has 1 amide bonds. The first-order chi connectivity index (χ1) is 13.2. The number of fused-ring (bicyclic) bond motifs is 5. The van der Waals surface area contributed by atoms with Gasteiger partial charge in [-0.1, -0.05) is 18.2 Å². The molecule has 0 aliphatic carbocycles. The molecule has 1 aliphatic heterocycles. The standard InChI is InChI=1S/C21H14N4OS/c22-21(26)13-4-2-1-3-12(13)15-6-5-14-16(25-15)7-8-17-19(14)20-18(27-17)11-23-9-10-24-20/h1-11,24H,(H2,22,26). The predicted molar refractivity (Wildman–Crippen MR) is 111 cm³/mol. The van der Waals surface area contributed by atoms with Gasteiger partial charge in [0, 0.05) is 45.2 Å². The summed E-state index contributed by atoms with van der Waals surface area (Å²) >= 11 is 1.69. The minimum Gasteiger partial charge on any atom is -0.366 e. The van der Waals surface area contributed by atoms with E-state index in [4.69, 9.17) is 10.7 Å². The highest BCUT2D eigenvalue weighted by Crippen LogP contribution is 2.40. The molecular formula is C21H14N4OS. The van der Waals surface area contributed by atoms with Gasteiger partial charge in [0.15, 0.2) is 0 Å².